The van der Waals surface area contributed by atoms with Crippen LogP contribution in [0.3, 0.4) is 0 Å². The van der Waals surface area contributed by atoms with Crippen molar-refractivity contribution >= 4 is 28.0 Å². The van der Waals surface area contributed by atoms with Crippen LogP contribution in [0, 0.1) is 0 Å². The number of hydrogen-bond donors (Lipinski definition) is 1. The van der Waals surface area contributed by atoms with Gasteiger partial charge in [0.2, 0.25) is 0 Å². The van der Waals surface area contributed by atoms with E-state index in [4.69, 9.17) is 4.74 Å². The molecule has 1 aromatic heterocycles. The minimum Gasteiger partial charge on any atom is -0.493 e. The van der Waals surface area contributed by atoms with Crippen LogP contribution in [0.15, 0.2) is 53.2 Å². The number of carbonyl (C=O) groups excluding carboxylic acids is 1. The Morgan fingerprint density at radius 2 is 1.96 bits per heavy atom. The van der Waals surface area contributed by atoms with Gasteiger partial charge in [0.1, 0.15) is 5.75 Å². The maximum Gasteiger partial charge on any atom is 0.255 e. The third-order valence-electron chi connectivity index (χ3n) is 5.70. The van der Waals surface area contributed by atoms with Gasteiger partial charge in [-0.15, -0.1) is 0 Å². The number of nitrogens with one attached hydrogen (secondary N) is 1. The van der Waals surface area contributed by atoms with E-state index in [0.717, 1.165) is 23.6 Å². The van der Waals surface area contributed by atoms with Crippen LogP contribution < -0.4 is 10.1 Å². The van der Waals surface area contributed by atoms with Gasteiger partial charge < -0.3 is 10.1 Å². The van der Waals surface area contributed by atoms with Crippen molar-refractivity contribution in [3.05, 3.63) is 64.4 Å². The maximum absolute atomic E-state index is 13.2. The van der Waals surface area contributed by atoms with E-state index in [-0.39, 0.29) is 11.3 Å². The van der Waals surface area contributed by atoms with Gasteiger partial charge in [0, 0.05) is 12.0 Å². The molecule has 27 heavy (non-hydrogen) atoms. The molecule has 4 rings (SSSR count). The first-order valence-electron chi connectivity index (χ1n) is 9.69. The molecule has 1 aliphatic rings. The Bertz CT molecular complexity index is 927. The Hall–Kier alpha value is -2.33. The third kappa shape index (κ3) is 3.46. The second-order valence-corrected chi connectivity index (χ2v) is 8.06. The largest absolute Gasteiger partial charge is 0.493 e. The zero-order valence-corrected chi connectivity index (χ0v) is 16.5. The predicted octanol–water partition coefficient (Wildman–Crippen LogP) is 5.54. The van der Waals surface area contributed by atoms with E-state index in [1.807, 2.05) is 43.3 Å². The molecule has 0 aliphatic heterocycles. The number of rotatable bonds is 6. The highest BCUT2D eigenvalue weighted by atomic mass is 32.1. The predicted molar refractivity (Wildman–Crippen MR) is 112 cm³/mol. The van der Waals surface area contributed by atoms with Gasteiger partial charge in [-0.3, -0.25) is 4.79 Å². The Labute approximate surface area is 164 Å². The van der Waals surface area contributed by atoms with Crippen LogP contribution in [0.4, 0.5) is 0 Å². The smallest absolute Gasteiger partial charge is 0.255 e. The van der Waals surface area contributed by atoms with Crippen LogP contribution in [0.25, 0.3) is 10.8 Å². The summed E-state index contributed by atoms with van der Waals surface area (Å²) in [6.07, 6.45) is 4.73. The van der Waals surface area contributed by atoms with Gasteiger partial charge in [-0.05, 0) is 59.0 Å². The fourth-order valence-corrected chi connectivity index (χ4v) is 5.06. The lowest BCUT2D eigenvalue weighted by Gasteiger charge is -2.29. The normalized spacial score (nSPS) is 15.7. The zero-order chi connectivity index (χ0) is 18.7. The lowest BCUT2D eigenvalue weighted by Crippen LogP contribution is -2.39. The van der Waals surface area contributed by atoms with Crippen LogP contribution in [0.1, 0.15) is 48.5 Å². The van der Waals surface area contributed by atoms with E-state index < -0.39 is 0 Å². The van der Waals surface area contributed by atoms with E-state index in [2.05, 4.69) is 22.1 Å². The zero-order valence-electron chi connectivity index (χ0n) is 15.7. The summed E-state index contributed by atoms with van der Waals surface area (Å²) in [6, 6.07) is 14.1. The van der Waals surface area contributed by atoms with Crippen molar-refractivity contribution in [1.29, 1.82) is 0 Å². The third-order valence-corrected chi connectivity index (χ3v) is 6.38. The summed E-state index contributed by atoms with van der Waals surface area (Å²) in [5, 5.41) is 9.61. The quantitative estimate of drug-likeness (QED) is 0.610. The molecular formula is C23H25NO2S. The van der Waals surface area contributed by atoms with E-state index in [1.54, 1.807) is 11.3 Å². The highest BCUT2D eigenvalue weighted by Gasteiger charge is 2.36. The number of amides is 1. The van der Waals surface area contributed by atoms with E-state index >= 15 is 0 Å². The van der Waals surface area contributed by atoms with Crippen molar-refractivity contribution in [3.8, 4) is 5.75 Å². The molecule has 3 aromatic rings. The summed E-state index contributed by atoms with van der Waals surface area (Å²) < 4.78 is 5.78. The summed E-state index contributed by atoms with van der Waals surface area (Å²) in [4.78, 5) is 13.2. The lowest BCUT2D eigenvalue weighted by atomic mass is 9.80. The summed E-state index contributed by atoms with van der Waals surface area (Å²) >= 11 is 1.73. The molecule has 0 saturated heterocycles. The number of ether oxygens (including phenoxy) is 1. The molecule has 1 heterocycles. The number of benzene rings is 2. The molecule has 140 valence electrons. The average molecular weight is 380 g/mol. The molecule has 4 heteroatoms. The van der Waals surface area contributed by atoms with Crippen LogP contribution in [0.2, 0.25) is 0 Å². The molecule has 1 fully saturated rings. The molecule has 3 nitrogen and oxygen atoms in total. The summed E-state index contributed by atoms with van der Waals surface area (Å²) in [5.74, 6) is 0.612. The fourth-order valence-electron chi connectivity index (χ4n) is 4.28. The van der Waals surface area contributed by atoms with Crippen molar-refractivity contribution in [1.82, 2.24) is 5.32 Å². The van der Waals surface area contributed by atoms with Gasteiger partial charge in [-0.25, -0.2) is 0 Å². The first-order chi connectivity index (χ1) is 13.2. The van der Waals surface area contributed by atoms with E-state index in [0.29, 0.717) is 24.5 Å². The fraction of sp³-hybridized carbons (Fsp3) is 0.348. The highest BCUT2D eigenvalue weighted by molar-refractivity contribution is 7.08. The first kappa shape index (κ1) is 18.1. The van der Waals surface area contributed by atoms with Crippen LogP contribution >= 0.6 is 11.3 Å². The molecule has 1 saturated carbocycles. The van der Waals surface area contributed by atoms with Crippen molar-refractivity contribution in [2.75, 3.05) is 13.2 Å². The summed E-state index contributed by atoms with van der Waals surface area (Å²) in [7, 11) is 0. The summed E-state index contributed by atoms with van der Waals surface area (Å²) in [5.41, 5.74) is 2.09. The Balaban J connectivity index is 1.64. The van der Waals surface area contributed by atoms with E-state index in [1.165, 1.54) is 18.4 Å². The first-order valence-corrected chi connectivity index (χ1v) is 10.6. The van der Waals surface area contributed by atoms with Crippen LogP contribution in [0.5, 0.6) is 5.75 Å². The van der Waals surface area contributed by atoms with Crippen LogP contribution in [-0.4, -0.2) is 19.1 Å². The topological polar surface area (TPSA) is 38.3 Å². The van der Waals surface area contributed by atoms with Gasteiger partial charge in [-0.2, -0.15) is 11.3 Å². The second kappa shape index (κ2) is 7.73. The van der Waals surface area contributed by atoms with Crippen LogP contribution in [-0.2, 0) is 5.41 Å². The molecule has 1 aliphatic carbocycles. The number of carbonyl (C=O) groups is 1. The molecule has 0 spiro atoms. The lowest BCUT2D eigenvalue weighted by molar-refractivity contribution is 0.0941. The second-order valence-electron chi connectivity index (χ2n) is 7.27. The minimum absolute atomic E-state index is 0.0447. The van der Waals surface area contributed by atoms with E-state index in [9.17, 15) is 4.79 Å². The van der Waals surface area contributed by atoms with Crippen molar-refractivity contribution < 1.29 is 9.53 Å². The van der Waals surface area contributed by atoms with Gasteiger partial charge in [0.25, 0.3) is 5.91 Å². The van der Waals surface area contributed by atoms with Crippen molar-refractivity contribution in [2.45, 2.75) is 38.0 Å². The Morgan fingerprint density at radius 3 is 2.70 bits per heavy atom. The van der Waals surface area contributed by atoms with Crippen molar-refractivity contribution in [2.24, 2.45) is 0 Å². The average Bonchev–Trinajstić information content (AvgIpc) is 3.39. The molecule has 1 amide bonds. The molecule has 0 unspecified atom stereocenters. The molecule has 2 aromatic carbocycles. The summed E-state index contributed by atoms with van der Waals surface area (Å²) in [6.45, 7) is 3.16. The van der Waals surface area contributed by atoms with Gasteiger partial charge in [0.05, 0.1) is 12.2 Å². The molecule has 0 atom stereocenters. The number of hydrogen-bond acceptors (Lipinski definition) is 3. The molecular weight excluding hydrogens is 354 g/mol. The van der Waals surface area contributed by atoms with Gasteiger partial charge in [0.15, 0.2) is 0 Å². The number of fused-ring (bicyclic) bond motifs is 1. The Morgan fingerprint density at radius 1 is 1.15 bits per heavy atom. The number of thiophene rings is 1. The molecule has 0 radical (unpaired) electrons. The molecule has 1 N–H and O–H groups in total. The Kier molecular flexibility index (Phi) is 5.17. The minimum atomic E-state index is -0.0447. The van der Waals surface area contributed by atoms with Crippen molar-refractivity contribution in [3.63, 3.8) is 0 Å². The molecule has 0 bridgehead atoms. The SMILES string of the molecule is CCOc1ccc2ccccc2c1C(=O)NCC1(c2ccsc2)CCCC1. The van der Waals surface area contributed by atoms with Gasteiger partial charge in [-0.1, -0.05) is 43.2 Å². The standard InChI is InChI=1S/C23H25NO2S/c1-2-26-20-10-9-17-7-3-4-8-19(17)21(20)22(25)24-16-23(12-5-6-13-23)18-11-14-27-15-18/h3-4,7-11,14-15H,2,5-6,12-13,16H2,1H3,(H,24,25). The highest BCUT2D eigenvalue weighted by Crippen LogP contribution is 2.41. The monoisotopic (exact) mass is 379 g/mol. The maximum atomic E-state index is 13.2. The van der Waals surface area contributed by atoms with Gasteiger partial charge >= 0.3 is 0 Å².